The second kappa shape index (κ2) is 5.33. The van der Waals surface area contributed by atoms with E-state index in [0.717, 1.165) is 39.0 Å². The van der Waals surface area contributed by atoms with Gasteiger partial charge in [0, 0.05) is 51.6 Å². The number of nitrogens with zero attached hydrogens (tertiary/aromatic N) is 2. The number of allylic oxidation sites excluding steroid dienone is 3. The van der Waals surface area contributed by atoms with E-state index in [1.54, 1.807) is 0 Å². The van der Waals surface area contributed by atoms with Gasteiger partial charge in [0.25, 0.3) is 5.92 Å². The second-order valence-electron chi connectivity index (χ2n) is 6.03. The van der Waals surface area contributed by atoms with Crippen molar-refractivity contribution in [2.45, 2.75) is 37.6 Å². The van der Waals surface area contributed by atoms with Crippen molar-refractivity contribution in [3.05, 3.63) is 23.8 Å². The third-order valence-corrected chi connectivity index (χ3v) is 4.51. The number of hydrogen-bond acceptors (Lipinski definition) is 2. The number of halogens is 2. The lowest BCUT2D eigenvalue weighted by atomic mass is 9.95. The van der Waals surface area contributed by atoms with Crippen LogP contribution in [0.3, 0.4) is 0 Å². The highest BCUT2D eigenvalue weighted by Crippen LogP contribution is 2.33. The van der Waals surface area contributed by atoms with Crippen molar-refractivity contribution in [1.29, 1.82) is 0 Å². The maximum Gasteiger partial charge on any atom is 0.250 e. The Labute approximate surface area is 113 Å². The van der Waals surface area contributed by atoms with Crippen LogP contribution in [0.5, 0.6) is 0 Å². The van der Waals surface area contributed by atoms with E-state index >= 15 is 0 Å². The van der Waals surface area contributed by atoms with E-state index in [9.17, 15) is 8.78 Å². The number of rotatable bonds is 2. The highest BCUT2D eigenvalue weighted by Gasteiger charge is 2.42. The number of hydrogen-bond donors (Lipinski definition) is 0. The Morgan fingerprint density at radius 2 is 2.16 bits per heavy atom. The van der Waals surface area contributed by atoms with Gasteiger partial charge in [-0.25, -0.2) is 8.78 Å². The van der Waals surface area contributed by atoms with Crippen molar-refractivity contribution in [3.63, 3.8) is 0 Å². The molecular weight excluding hydrogens is 246 g/mol. The van der Waals surface area contributed by atoms with E-state index in [0.29, 0.717) is 6.54 Å². The molecular formula is C15H22F2N2. The van der Waals surface area contributed by atoms with Crippen molar-refractivity contribution >= 4 is 0 Å². The molecule has 2 fully saturated rings. The molecule has 2 nitrogen and oxygen atoms in total. The molecule has 1 atom stereocenters. The van der Waals surface area contributed by atoms with Gasteiger partial charge in [0.05, 0.1) is 0 Å². The smallest absolute Gasteiger partial charge is 0.250 e. The summed E-state index contributed by atoms with van der Waals surface area (Å²) >= 11 is 0. The number of alkyl halides is 2. The van der Waals surface area contributed by atoms with E-state index in [1.807, 2.05) is 0 Å². The first-order chi connectivity index (χ1) is 9.12. The van der Waals surface area contributed by atoms with Crippen molar-refractivity contribution < 1.29 is 8.78 Å². The number of piperidine rings is 1. The predicted molar refractivity (Wildman–Crippen MR) is 72.4 cm³/mol. The molecule has 0 spiro atoms. The lowest BCUT2D eigenvalue weighted by Crippen LogP contribution is -2.58. The third kappa shape index (κ3) is 3.23. The maximum absolute atomic E-state index is 13.5. The Balaban J connectivity index is 1.58. The molecule has 2 aliphatic heterocycles. The Morgan fingerprint density at radius 3 is 2.95 bits per heavy atom. The van der Waals surface area contributed by atoms with E-state index in [2.05, 4.69) is 28.0 Å². The van der Waals surface area contributed by atoms with E-state index in [-0.39, 0.29) is 18.9 Å². The monoisotopic (exact) mass is 268 g/mol. The summed E-state index contributed by atoms with van der Waals surface area (Å²) in [5.41, 5.74) is 1.44. The molecule has 4 heteroatoms. The molecule has 0 radical (unpaired) electrons. The molecule has 2 heterocycles. The molecule has 0 aromatic rings. The van der Waals surface area contributed by atoms with Crippen LogP contribution in [-0.4, -0.2) is 54.5 Å². The molecule has 106 valence electrons. The van der Waals surface area contributed by atoms with Gasteiger partial charge >= 0.3 is 0 Å². The first-order valence-corrected chi connectivity index (χ1v) is 7.31. The summed E-state index contributed by atoms with van der Waals surface area (Å²) in [6, 6.07) is 0.0530. The van der Waals surface area contributed by atoms with Crippen molar-refractivity contribution in [3.8, 4) is 0 Å². The SMILES string of the molecule is FC1(F)CCN2CCN(CC3=CC=CCC3)CC2C1. The maximum atomic E-state index is 13.5. The van der Waals surface area contributed by atoms with Gasteiger partial charge in [0.2, 0.25) is 0 Å². The first-order valence-electron chi connectivity index (χ1n) is 7.31. The van der Waals surface area contributed by atoms with Crippen LogP contribution in [0.1, 0.15) is 25.7 Å². The lowest BCUT2D eigenvalue weighted by Gasteiger charge is -2.46. The fraction of sp³-hybridized carbons (Fsp3) is 0.733. The van der Waals surface area contributed by atoms with Crippen molar-refractivity contribution in [1.82, 2.24) is 9.80 Å². The molecule has 0 saturated carbocycles. The van der Waals surface area contributed by atoms with Crippen LogP contribution in [0, 0.1) is 0 Å². The molecule has 0 bridgehead atoms. The minimum absolute atomic E-state index is 0.0411. The summed E-state index contributed by atoms with van der Waals surface area (Å²) in [5.74, 6) is -2.45. The van der Waals surface area contributed by atoms with Crippen LogP contribution in [0.25, 0.3) is 0 Å². The molecule has 19 heavy (non-hydrogen) atoms. The summed E-state index contributed by atoms with van der Waals surface area (Å²) in [5, 5.41) is 0. The van der Waals surface area contributed by atoms with Crippen molar-refractivity contribution in [2.75, 3.05) is 32.7 Å². The largest absolute Gasteiger partial charge is 0.297 e. The van der Waals surface area contributed by atoms with Crippen LogP contribution in [0.4, 0.5) is 8.78 Å². The van der Waals surface area contributed by atoms with Gasteiger partial charge < -0.3 is 0 Å². The van der Waals surface area contributed by atoms with E-state index in [4.69, 9.17) is 0 Å². The quantitative estimate of drug-likeness (QED) is 0.759. The Hall–Kier alpha value is -0.740. The molecule has 0 aromatic heterocycles. The minimum Gasteiger partial charge on any atom is -0.297 e. The third-order valence-electron chi connectivity index (χ3n) is 4.51. The first kappa shape index (κ1) is 13.3. The van der Waals surface area contributed by atoms with Gasteiger partial charge in [-0.2, -0.15) is 0 Å². The average molecular weight is 268 g/mol. The van der Waals surface area contributed by atoms with Gasteiger partial charge in [-0.3, -0.25) is 9.80 Å². The Morgan fingerprint density at radius 1 is 1.26 bits per heavy atom. The summed E-state index contributed by atoms with van der Waals surface area (Å²) in [7, 11) is 0. The van der Waals surface area contributed by atoms with Crippen LogP contribution in [0.15, 0.2) is 23.8 Å². The topological polar surface area (TPSA) is 6.48 Å². The number of piperazine rings is 1. The molecule has 1 aliphatic carbocycles. The molecule has 3 rings (SSSR count). The fourth-order valence-electron chi connectivity index (χ4n) is 3.41. The highest BCUT2D eigenvalue weighted by atomic mass is 19.3. The van der Waals surface area contributed by atoms with Crippen molar-refractivity contribution in [2.24, 2.45) is 0 Å². The summed E-state index contributed by atoms with van der Waals surface area (Å²) in [6.45, 7) is 4.29. The zero-order valence-electron chi connectivity index (χ0n) is 11.3. The van der Waals surface area contributed by atoms with Gasteiger partial charge in [0.15, 0.2) is 0 Å². The molecule has 0 amide bonds. The Bertz CT molecular complexity index is 390. The zero-order chi connectivity index (χ0) is 13.3. The number of fused-ring (bicyclic) bond motifs is 1. The predicted octanol–water partition coefficient (Wildman–Crippen LogP) is 2.68. The standard InChI is InChI=1S/C15H22F2N2/c16-15(17)6-7-19-9-8-18(12-14(19)10-15)11-13-4-2-1-3-5-13/h1-2,4,14H,3,5-12H2. The van der Waals surface area contributed by atoms with Crippen LogP contribution < -0.4 is 0 Å². The average Bonchev–Trinajstić information content (AvgIpc) is 2.38. The minimum atomic E-state index is -2.45. The van der Waals surface area contributed by atoms with Crippen LogP contribution in [0.2, 0.25) is 0 Å². The van der Waals surface area contributed by atoms with Gasteiger partial charge in [-0.1, -0.05) is 23.8 Å². The molecule has 1 unspecified atom stereocenters. The summed E-state index contributed by atoms with van der Waals surface area (Å²) < 4.78 is 27.0. The molecule has 2 saturated heterocycles. The normalized spacial score (nSPS) is 31.9. The summed E-state index contributed by atoms with van der Waals surface area (Å²) in [6.07, 6.45) is 8.81. The van der Waals surface area contributed by atoms with Gasteiger partial charge in [-0.15, -0.1) is 0 Å². The van der Waals surface area contributed by atoms with Crippen LogP contribution in [-0.2, 0) is 0 Å². The van der Waals surface area contributed by atoms with E-state index in [1.165, 1.54) is 5.57 Å². The Kier molecular flexibility index (Phi) is 3.72. The molecule has 0 aromatic carbocycles. The second-order valence-corrected chi connectivity index (χ2v) is 6.03. The summed E-state index contributed by atoms with van der Waals surface area (Å²) in [4.78, 5) is 4.61. The lowest BCUT2D eigenvalue weighted by molar-refractivity contribution is -0.0943. The van der Waals surface area contributed by atoms with Gasteiger partial charge in [-0.05, 0) is 12.8 Å². The fourth-order valence-corrected chi connectivity index (χ4v) is 3.41. The van der Waals surface area contributed by atoms with Gasteiger partial charge in [0.1, 0.15) is 0 Å². The zero-order valence-corrected chi connectivity index (χ0v) is 11.3. The van der Waals surface area contributed by atoms with E-state index < -0.39 is 5.92 Å². The molecule has 0 N–H and O–H groups in total. The molecule has 3 aliphatic rings. The van der Waals surface area contributed by atoms with Crippen LogP contribution >= 0.6 is 0 Å². The highest BCUT2D eigenvalue weighted by molar-refractivity contribution is 5.19.